The highest BCUT2D eigenvalue weighted by Gasteiger charge is 2.47. The van der Waals surface area contributed by atoms with Crippen LogP contribution in [0.2, 0.25) is 0 Å². The summed E-state index contributed by atoms with van der Waals surface area (Å²) in [5, 5.41) is 33.7. The molecule has 1 rings (SSSR count). The molecule has 41 heavy (non-hydrogen) atoms. The zero-order valence-corrected chi connectivity index (χ0v) is 26.2. The normalized spacial score (nSPS) is 22.5. The number of hydrogen-bond donors (Lipinski definition) is 5. The quantitative estimate of drug-likeness (QED) is 0.0989. The van der Waals surface area contributed by atoms with Gasteiger partial charge >= 0.3 is 0 Å². The zero-order valence-electron chi connectivity index (χ0n) is 26.2. The van der Waals surface area contributed by atoms with Crippen molar-refractivity contribution < 1.29 is 29.6 Å². The van der Waals surface area contributed by atoms with Crippen LogP contribution < -0.4 is 11.1 Å². The Balaban J connectivity index is 2.74. The summed E-state index contributed by atoms with van der Waals surface area (Å²) in [6.45, 7) is 4.07. The number of unbranched alkanes of at least 4 members (excludes halogenated alkanes) is 17. The second-order valence-electron chi connectivity index (χ2n) is 11.9. The molecule has 0 radical (unpaired) electrons. The summed E-state index contributed by atoms with van der Waals surface area (Å²) in [6, 6.07) is -1.04. The van der Waals surface area contributed by atoms with Crippen LogP contribution in [0.15, 0.2) is 0 Å². The predicted octanol–water partition coefficient (Wildman–Crippen LogP) is 4.54. The zero-order chi connectivity index (χ0) is 30.3. The third-order valence-electron chi connectivity index (χ3n) is 8.29. The number of aliphatic hydroxyl groups excluding tert-OH is 3. The Morgan fingerprint density at radius 1 is 0.732 bits per heavy atom. The van der Waals surface area contributed by atoms with Crippen molar-refractivity contribution in [1.29, 1.82) is 0 Å². The molecule has 5 atom stereocenters. The van der Waals surface area contributed by atoms with Crippen molar-refractivity contribution in [3.63, 3.8) is 0 Å². The van der Waals surface area contributed by atoms with Crippen LogP contribution in [0.1, 0.15) is 142 Å². The second kappa shape index (κ2) is 24.2. The van der Waals surface area contributed by atoms with E-state index < -0.39 is 43.1 Å². The Kier molecular flexibility index (Phi) is 22.3. The number of hydrogen-bond acceptors (Lipinski definition) is 7. The van der Waals surface area contributed by atoms with Crippen LogP contribution in [0.4, 0.5) is 0 Å². The van der Waals surface area contributed by atoms with Crippen molar-refractivity contribution in [2.75, 3.05) is 19.7 Å². The topological polar surface area (TPSA) is 145 Å². The lowest BCUT2D eigenvalue weighted by molar-refractivity contribution is -0.231. The molecule has 0 aromatic carbocycles. The fraction of sp³-hybridized carbons (Fsp3) is 0.938. The van der Waals surface area contributed by atoms with Crippen LogP contribution in [0.5, 0.6) is 0 Å². The molecule has 0 bridgehead atoms. The van der Waals surface area contributed by atoms with Gasteiger partial charge in [-0.1, -0.05) is 123 Å². The van der Waals surface area contributed by atoms with Gasteiger partial charge in [-0.05, 0) is 12.8 Å². The molecule has 6 N–H and O–H groups in total. The first kappa shape index (κ1) is 37.8. The largest absolute Gasteiger partial charge is 0.394 e. The van der Waals surface area contributed by atoms with Crippen LogP contribution in [-0.2, 0) is 14.3 Å². The number of ether oxygens (including phenoxy) is 1. The van der Waals surface area contributed by atoms with E-state index in [-0.39, 0.29) is 12.5 Å². The molecule has 2 amide bonds. The van der Waals surface area contributed by atoms with E-state index in [0.29, 0.717) is 13.0 Å². The molecule has 1 saturated heterocycles. The first-order valence-electron chi connectivity index (χ1n) is 16.8. The minimum Gasteiger partial charge on any atom is -0.394 e. The van der Waals surface area contributed by atoms with E-state index in [9.17, 15) is 24.9 Å². The van der Waals surface area contributed by atoms with Crippen LogP contribution >= 0.6 is 0 Å². The monoisotopic (exact) mass is 585 g/mol. The minimum absolute atomic E-state index is 0.0962. The lowest BCUT2D eigenvalue weighted by Gasteiger charge is -2.46. The average molecular weight is 586 g/mol. The summed E-state index contributed by atoms with van der Waals surface area (Å²) in [6.07, 6.45) is 17.5. The fourth-order valence-corrected chi connectivity index (χ4v) is 5.66. The summed E-state index contributed by atoms with van der Waals surface area (Å²) in [5.74, 6) is -0.608. The van der Waals surface area contributed by atoms with E-state index in [1.807, 2.05) is 0 Å². The van der Waals surface area contributed by atoms with Gasteiger partial charge in [0, 0.05) is 13.0 Å². The summed E-state index contributed by atoms with van der Waals surface area (Å²) >= 11 is 0. The van der Waals surface area contributed by atoms with Gasteiger partial charge in [0.2, 0.25) is 11.8 Å². The summed E-state index contributed by atoms with van der Waals surface area (Å²) in [5.41, 5.74) is 5.50. The van der Waals surface area contributed by atoms with E-state index >= 15 is 0 Å². The van der Waals surface area contributed by atoms with Crippen molar-refractivity contribution in [2.24, 2.45) is 5.73 Å². The molecule has 1 fully saturated rings. The average Bonchev–Trinajstić information content (AvgIpc) is 2.97. The SMILES string of the molecule is CCCCCCCCCCCCN(C(=O)CCCCCCCCCCC)[C@@H]1O[C@H](CO)[C@H](O)[C@H](O)[C@H]1NC(=O)CN. The smallest absolute Gasteiger partial charge is 0.234 e. The van der Waals surface area contributed by atoms with Crippen molar-refractivity contribution in [2.45, 2.75) is 173 Å². The van der Waals surface area contributed by atoms with Crippen LogP contribution in [0.3, 0.4) is 0 Å². The molecule has 0 aromatic rings. The molecule has 9 heteroatoms. The number of nitrogens with two attached hydrogens (primary N) is 1. The van der Waals surface area contributed by atoms with Crippen molar-refractivity contribution >= 4 is 11.8 Å². The van der Waals surface area contributed by atoms with E-state index in [1.165, 1.54) is 83.5 Å². The maximum atomic E-state index is 13.5. The Hall–Kier alpha value is -1.26. The van der Waals surface area contributed by atoms with Gasteiger partial charge in [-0.3, -0.25) is 9.59 Å². The molecule has 1 aliphatic heterocycles. The Morgan fingerprint density at radius 3 is 1.66 bits per heavy atom. The molecule has 0 aromatic heterocycles. The van der Waals surface area contributed by atoms with Gasteiger partial charge < -0.3 is 36.0 Å². The first-order chi connectivity index (χ1) is 19.9. The minimum atomic E-state index is -1.41. The number of rotatable bonds is 25. The molecule has 242 valence electrons. The standard InChI is InChI=1S/C32H63N3O6/c1-3-5-7-9-11-13-15-17-19-21-23-35(28(38)22-20-18-16-14-12-10-8-6-4-2)32-29(34-27(37)24-33)31(40)30(39)26(25-36)41-32/h26,29-32,36,39-40H,3-25,33H2,1-2H3,(H,34,37)/t26-,29-,30+,31-,32-/m1/s1. The Labute approximate surface area is 250 Å². The summed E-state index contributed by atoms with van der Waals surface area (Å²) in [7, 11) is 0. The van der Waals surface area contributed by atoms with Crippen molar-refractivity contribution in [1.82, 2.24) is 10.2 Å². The lowest BCUT2D eigenvalue weighted by atomic mass is 9.94. The number of nitrogens with zero attached hydrogens (tertiary/aromatic N) is 1. The Bertz CT molecular complexity index is 667. The van der Waals surface area contributed by atoms with Gasteiger partial charge in [0.1, 0.15) is 24.4 Å². The number of carbonyl (C=O) groups excluding carboxylic acids is 2. The van der Waals surface area contributed by atoms with E-state index in [4.69, 9.17) is 10.5 Å². The number of amides is 2. The second-order valence-corrected chi connectivity index (χ2v) is 11.9. The van der Waals surface area contributed by atoms with E-state index in [2.05, 4.69) is 19.2 Å². The van der Waals surface area contributed by atoms with Gasteiger partial charge in [-0.25, -0.2) is 0 Å². The van der Waals surface area contributed by atoms with Crippen LogP contribution in [0, 0.1) is 0 Å². The van der Waals surface area contributed by atoms with Gasteiger partial charge in [-0.15, -0.1) is 0 Å². The first-order valence-corrected chi connectivity index (χ1v) is 16.8. The number of carbonyl (C=O) groups is 2. The fourth-order valence-electron chi connectivity index (χ4n) is 5.66. The van der Waals surface area contributed by atoms with Gasteiger partial charge in [0.15, 0.2) is 6.23 Å². The highest BCUT2D eigenvalue weighted by Crippen LogP contribution is 2.26. The molecule has 0 saturated carbocycles. The molecule has 9 nitrogen and oxygen atoms in total. The number of nitrogens with one attached hydrogen (secondary N) is 1. The molecule has 0 unspecified atom stereocenters. The molecule has 1 heterocycles. The summed E-state index contributed by atoms with van der Waals surface area (Å²) < 4.78 is 5.98. The highest BCUT2D eigenvalue weighted by atomic mass is 16.5. The van der Waals surface area contributed by atoms with E-state index in [1.54, 1.807) is 4.90 Å². The summed E-state index contributed by atoms with van der Waals surface area (Å²) in [4.78, 5) is 27.3. The van der Waals surface area contributed by atoms with Crippen LogP contribution in [-0.4, -0.2) is 82.3 Å². The maximum absolute atomic E-state index is 13.5. The number of aliphatic hydroxyl groups is 3. The van der Waals surface area contributed by atoms with E-state index in [0.717, 1.165) is 38.5 Å². The molecular formula is C32H63N3O6. The third kappa shape index (κ3) is 15.7. The third-order valence-corrected chi connectivity index (χ3v) is 8.29. The predicted molar refractivity (Wildman–Crippen MR) is 164 cm³/mol. The van der Waals surface area contributed by atoms with Gasteiger partial charge in [-0.2, -0.15) is 0 Å². The maximum Gasteiger partial charge on any atom is 0.234 e. The molecule has 0 aliphatic carbocycles. The molecular weight excluding hydrogens is 522 g/mol. The van der Waals surface area contributed by atoms with Crippen molar-refractivity contribution in [3.8, 4) is 0 Å². The highest BCUT2D eigenvalue weighted by molar-refractivity contribution is 5.79. The Morgan fingerprint density at radius 2 is 1.20 bits per heavy atom. The molecule has 0 spiro atoms. The van der Waals surface area contributed by atoms with Gasteiger partial charge in [0.25, 0.3) is 0 Å². The molecule has 1 aliphatic rings. The van der Waals surface area contributed by atoms with Gasteiger partial charge in [0.05, 0.1) is 13.2 Å². The van der Waals surface area contributed by atoms with Crippen molar-refractivity contribution in [3.05, 3.63) is 0 Å². The lowest BCUT2D eigenvalue weighted by Crippen LogP contribution is -2.69. The van der Waals surface area contributed by atoms with Crippen LogP contribution in [0.25, 0.3) is 0 Å².